The number of aliphatic imine (C=N–C) groups is 1. The molecule has 1 aliphatic carbocycles. The van der Waals surface area contributed by atoms with E-state index in [4.69, 9.17) is 15.2 Å². The Kier molecular flexibility index (Phi) is 7.78. The van der Waals surface area contributed by atoms with E-state index in [1.165, 1.54) is 18.4 Å². The van der Waals surface area contributed by atoms with E-state index in [-0.39, 0.29) is 24.0 Å². The summed E-state index contributed by atoms with van der Waals surface area (Å²) in [6.45, 7) is 0.747. The number of hydrogen-bond donors (Lipinski definition) is 1. The molecule has 0 bridgehead atoms. The van der Waals surface area contributed by atoms with Gasteiger partial charge in [0.2, 0.25) is 0 Å². The fourth-order valence-corrected chi connectivity index (χ4v) is 2.27. The normalized spacial score (nSPS) is 14.2. The Hall–Kier alpha value is -1.18. The van der Waals surface area contributed by atoms with Gasteiger partial charge in [0.05, 0.1) is 14.2 Å². The van der Waals surface area contributed by atoms with Crippen LogP contribution in [0.4, 0.5) is 0 Å². The molecule has 5 nitrogen and oxygen atoms in total. The van der Waals surface area contributed by atoms with Gasteiger partial charge in [0.25, 0.3) is 0 Å². The number of nitrogens with two attached hydrogens (primary N) is 1. The zero-order chi connectivity index (χ0) is 15.2. The van der Waals surface area contributed by atoms with Crippen LogP contribution in [0.2, 0.25) is 0 Å². The molecule has 1 aliphatic rings. The van der Waals surface area contributed by atoms with Crippen LogP contribution in [0.3, 0.4) is 0 Å². The monoisotopic (exact) mass is 419 g/mol. The van der Waals surface area contributed by atoms with Gasteiger partial charge in [0.1, 0.15) is 0 Å². The summed E-state index contributed by atoms with van der Waals surface area (Å²) in [7, 11) is 5.32. The topological polar surface area (TPSA) is 60.1 Å². The highest BCUT2D eigenvalue weighted by atomic mass is 127. The minimum Gasteiger partial charge on any atom is -0.493 e. The Morgan fingerprint density at radius 3 is 2.55 bits per heavy atom. The lowest BCUT2D eigenvalue weighted by Crippen LogP contribution is -2.35. The van der Waals surface area contributed by atoms with Crippen LogP contribution in [0.5, 0.6) is 11.5 Å². The van der Waals surface area contributed by atoms with Crippen LogP contribution >= 0.6 is 24.0 Å². The second-order valence-corrected chi connectivity index (χ2v) is 5.37. The minimum absolute atomic E-state index is 0. The van der Waals surface area contributed by atoms with Crippen LogP contribution in [-0.4, -0.2) is 44.7 Å². The van der Waals surface area contributed by atoms with Gasteiger partial charge < -0.3 is 20.1 Å². The van der Waals surface area contributed by atoms with Gasteiger partial charge in [-0.25, -0.2) is 0 Å². The van der Waals surface area contributed by atoms with E-state index < -0.39 is 0 Å². The Labute approximate surface area is 149 Å². The van der Waals surface area contributed by atoms with Crippen molar-refractivity contribution in [1.29, 1.82) is 0 Å². The van der Waals surface area contributed by atoms with Crippen molar-refractivity contribution in [3.63, 3.8) is 0 Å². The van der Waals surface area contributed by atoms with E-state index in [9.17, 15) is 0 Å². The largest absolute Gasteiger partial charge is 0.493 e. The average molecular weight is 419 g/mol. The molecular formula is C16H26IN3O2. The maximum absolute atomic E-state index is 5.96. The summed E-state index contributed by atoms with van der Waals surface area (Å²) in [6, 6.07) is 6.62. The van der Waals surface area contributed by atoms with Gasteiger partial charge in [-0.1, -0.05) is 6.07 Å². The highest BCUT2D eigenvalue weighted by Gasteiger charge is 2.27. The quantitative estimate of drug-likeness (QED) is 0.320. The standard InChI is InChI=1S/C16H25N3O2.HI/c1-19(13-7-8-13)16(17)18-10-4-5-12-6-9-14(20-2)15(11-12)21-3;/h6,9,11,13H,4-5,7-8,10H2,1-3H3,(H2,17,18);1H. The molecule has 1 aromatic carbocycles. The Morgan fingerprint density at radius 1 is 1.27 bits per heavy atom. The highest BCUT2D eigenvalue weighted by molar-refractivity contribution is 14.0. The number of benzene rings is 1. The summed E-state index contributed by atoms with van der Waals surface area (Å²) in [4.78, 5) is 6.52. The second-order valence-electron chi connectivity index (χ2n) is 5.37. The first kappa shape index (κ1) is 18.9. The van der Waals surface area contributed by atoms with Gasteiger partial charge in [-0.15, -0.1) is 24.0 Å². The first-order chi connectivity index (χ1) is 10.2. The van der Waals surface area contributed by atoms with Gasteiger partial charge in [0, 0.05) is 19.6 Å². The fourth-order valence-electron chi connectivity index (χ4n) is 2.27. The van der Waals surface area contributed by atoms with Gasteiger partial charge in [-0.3, -0.25) is 4.99 Å². The Morgan fingerprint density at radius 2 is 1.95 bits per heavy atom. The van der Waals surface area contributed by atoms with Crippen molar-refractivity contribution >= 4 is 29.9 Å². The third-order valence-corrected chi connectivity index (χ3v) is 3.80. The number of ether oxygens (including phenoxy) is 2. The molecule has 6 heteroatoms. The summed E-state index contributed by atoms with van der Waals surface area (Å²) in [6.07, 6.45) is 4.38. The number of guanidine groups is 1. The number of nitrogens with zero attached hydrogens (tertiary/aromatic N) is 2. The number of rotatable bonds is 7. The lowest BCUT2D eigenvalue weighted by Gasteiger charge is -2.16. The SMILES string of the molecule is COc1ccc(CCCN=C(N)N(C)C2CC2)cc1OC.I. The van der Waals surface area contributed by atoms with Crippen molar-refractivity contribution in [3.05, 3.63) is 23.8 Å². The molecule has 0 radical (unpaired) electrons. The van der Waals surface area contributed by atoms with Gasteiger partial charge >= 0.3 is 0 Å². The zero-order valence-electron chi connectivity index (χ0n) is 13.5. The molecule has 0 unspecified atom stereocenters. The van der Waals surface area contributed by atoms with Crippen LogP contribution in [0.15, 0.2) is 23.2 Å². The molecule has 0 aromatic heterocycles. The van der Waals surface area contributed by atoms with E-state index >= 15 is 0 Å². The zero-order valence-corrected chi connectivity index (χ0v) is 15.9. The first-order valence-electron chi connectivity index (χ1n) is 7.39. The van der Waals surface area contributed by atoms with Crippen molar-refractivity contribution in [2.24, 2.45) is 10.7 Å². The molecule has 0 heterocycles. The van der Waals surface area contributed by atoms with Gasteiger partial charge in [-0.05, 0) is 43.4 Å². The molecule has 0 saturated heterocycles. The third kappa shape index (κ3) is 5.23. The van der Waals surface area contributed by atoms with E-state index in [0.29, 0.717) is 12.0 Å². The number of aryl methyl sites for hydroxylation is 1. The van der Waals surface area contributed by atoms with Gasteiger partial charge in [-0.2, -0.15) is 0 Å². The average Bonchev–Trinajstić information content (AvgIpc) is 3.35. The number of methoxy groups -OCH3 is 2. The summed E-state index contributed by atoms with van der Waals surface area (Å²) in [5, 5.41) is 0. The van der Waals surface area contributed by atoms with Crippen LogP contribution < -0.4 is 15.2 Å². The summed E-state index contributed by atoms with van der Waals surface area (Å²) in [5.41, 5.74) is 7.18. The number of halogens is 1. The molecule has 1 fully saturated rings. The van der Waals surface area contributed by atoms with Crippen molar-refractivity contribution < 1.29 is 9.47 Å². The molecule has 124 valence electrons. The highest BCUT2D eigenvalue weighted by Crippen LogP contribution is 2.28. The van der Waals surface area contributed by atoms with Crippen molar-refractivity contribution in [3.8, 4) is 11.5 Å². The predicted octanol–water partition coefficient (Wildman–Crippen LogP) is 2.66. The maximum Gasteiger partial charge on any atom is 0.191 e. The predicted molar refractivity (Wildman–Crippen MR) is 101 cm³/mol. The molecule has 22 heavy (non-hydrogen) atoms. The van der Waals surface area contributed by atoms with Crippen molar-refractivity contribution in [1.82, 2.24) is 4.90 Å². The molecule has 1 aromatic rings. The second kappa shape index (κ2) is 9.07. The maximum atomic E-state index is 5.96. The lowest BCUT2D eigenvalue weighted by atomic mass is 10.1. The van der Waals surface area contributed by atoms with E-state index in [1.807, 2.05) is 19.2 Å². The minimum atomic E-state index is 0. The Bertz CT molecular complexity index is 504. The number of hydrogen-bond acceptors (Lipinski definition) is 3. The molecular weight excluding hydrogens is 393 g/mol. The summed E-state index contributed by atoms with van der Waals surface area (Å²) in [5.74, 6) is 2.19. The molecule has 2 N–H and O–H groups in total. The molecule has 0 aliphatic heterocycles. The summed E-state index contributed by atoms with van der Waals surface area (Å²) >= 11 is 0. The first-order valence-corrected chi connectivity index (χ1v) is 7.39. The smallest absolute Gasteiger partial charge is 0.191 e. The third-order valence-electron chi connectivity index (χ3n) is 3.80. The van der Waals surface area contributed by atoms with Crippen LogP contribution in [-0.2, 0) is 6.42 Å². The molecule has 2 rings (SSSR count). The van der Waals surface area contributed by atoms with Crippen LogP contribution in [0.25, 0.3) is 0 Å². The van der Waals surface area contributed by atoms with E-state index in [1.54, 1.807) is 14.2 Å². The van der Waals surface area contributed by atoms with Crippen LogP contribution in [0, 0.1) is 0 Å². The summed E-state index contributed by atoms with van der Waals surface area (Å²) < 4.78 is 10.5. The molecule has 1 saturated carbocycles. The van der Waals surface area contributed by atoms with Crippen LogP contribution in [0.1, 0.15) is 24.8 Å². The molecule has 0 atom stereocenters. The van der Waals surface area contributed by atoms with E-state index in [0.717, 1.165) is 30.9 Å². The van der Waals surface area contributed by atoms with E-state index in [2.05, 4.69) is 16.0 Å². The molecule has 0 spiro atoms. The Balaban J connectivity index is 0.00000242. The fraction of sp³-hybridized carbons (Fsp3) is 0.562. The lowest BCUT2D eigenvalue weighted by molar-refractivity contribution is 0.354. The van der Waals surface area contributed by atoms with Crippen molar-refractivity contribution in [2.75, 3.05) is 27.8 Å². The van der Waals surface area contributed by atoms with Gasteiger partial charge in [0.15, 0.2) is 17.5 Å². The van der Waals surface area contributed by atoms with Crippen molar-refractivity contribution in [2.45, 2.75) is 31.7 Å². The molecule has 0 amide bonds.